The molecule has 1 aromatic carbocycles. The van der Waals surface area contributed by atoms with Crippen molar-refractivity contribution in [3.05, 3.63) is 84.6 Å². The standard InChI is InChI=1S/C18H20N6O6/c1-2-18(24(29)30)17(19,10-13-6-4-3-5-7-13)15(22(25)26)12-21(18)14-8-9-16(20-11-14)23(27)28/h3-9,11,15H,2,10,12,19H2,1H3. The molecule has 0 saturated carbocycles. The molecular weight excluding hydrogens is 396 g/mol. The molecule has 2 N–H and O–H groups in total. The van der Waals surface area contributed by atoms with Gasteiger partial charge in [0.05, 0.1) is 17.2 Å². The van der Waals surface area contributed by atoms with Crippen LogP contribution in [0.25, 0.3) is 0 Å². The smallest absolute Gasteiger partial charge is 0.358 e. The molecule has 1 aliphatic rings. The molecular formula is C18H20N6O6. The van der Waals surface area contributed by atoms with Crippen molar-refractivity contribution in [3.63, 3.8) is 0 Å². The van der Waals surface area contributed by atoms with Gasteiger partial charge in [-0.15, -0.1) is 0 Å². The molecule has 2 heterocycles. The highest BCUT2D eigenvalue weighted by atomic mass is 16.6. The summed E-state index contributed by atoms with van der Waals surface area (Å²) in [5.74, 6) is -0.435. The number of nitrogens with zero attached hydrogens (tertiary/aromatic N) is 5. The van der Waals surface area contributed by atoms with Gasteiger partial charge in [0.25, 0.3) is 6.04 Å². The van der Waals surface area contributed by atoms with Crippen LogP contribution in [0.5, 0.6) is 0 Å². The summed E-state index contributed by atoms with van der Waals surface area (Å²) < 4.78 is 0. The first-order valence-corrected chi connectivity index (χ1v) is 9.16. The van der Waals surface area contributed by atoms with Crippen LogP contribution in [-0.4, -0.2) is 43.5 Å². The van der Waals surface area contributed by atoms with E-state index in [1.807, 2.05) is 0 Å². The monoisotopic (exact) mass is 416 g/mol. The molecule has 158 valence electrons. The number of hydrogen-bond acceptors (Lipinski definition) is 9. The summed E-state index contributed by atoms with van der Waals surface area (Å²) in [7, 11) is 0. The van der Waals surface area contributed by atoms with E-state index in [-0.39, 0.29) is 25.1 Å². The Morgan fingerprint density at radius 2 is 1.80 bits per heavy atom. The number of benzene rings is 1. The largest absolute Gasteiger partial charge is 0.363 e. The average Bonchev–Trinajstić information content (AvgIpc) is 2.98. The zero-order chi connectivity index (χ0) is 22.1. The number of nitro groups is 3. The molecule has 12 nitrogen and oxygen atoms in total. The summed E-state index contributed by atoms with van der Waals surface area (Å²) >= 11 is 0. The fraction of sp³-hybridized carbons (Fsp3) is 0.389. The van der Waals surface area contributed by atoms with Gasteiger partial charge in [-0.1, -0.05) is 37.3 Å². The fourth-order valence-electron chi connectivity index (χ4n) is 4.34. The van der Waals surface area contributed by atoms with Crippen molar-refractivity contribution in [3.8, 4) is 0 Å². The third-order valence-electron chi connectivity index (χ3n) is 5.76. The lowest BCUT2D eigenvalue weighted by Gasteiger charge is -2.39. The highest BCUT2D eigenvalue weighted by Crippen LogP contribution is 2.45. The Morgan fingerprint density at radius 1 is 1.13 bits per heavy atom. The van der Waals surface area contributed by atoms with Crippen LogP contribution in [0, 0.1) is 30.3 Å². The van der Waals surface area contributed by atoms with Gasteiger partial charge in [-0.05, 0) is 21.5 Å². The molecule has 3 unspecified atom stereocenters. The Hall–Kier alpha value is -3.67. The van der Waals surface area contributed by atoms with Crippen LogP contribution in [0.2, 0.25) is 0 Å². The van der Waals surface area contributed by atoms with Gasteiger partial charge in [-0.3, -0.25) is 25.1 Å². The molecule has 1 fully saturated rings. The minimum Gasteiger partial charge on any atom is -0.358 e. The first kappa shape index (κ1) is 21.0. The molecule has 12 heteroatoms. The van der Waals surface area contributed by atoms with E-state index in [0.29, 0.717) is 5.56 Å². The van der Waals surface area contributed by atoms with Crippen molar-refractivity contribution in [1.82, 2.24) is 4.98 Å². The molecule has 0 bridgehead atoms. The lowest BCUT2D eigenvalue weighted by Crippen LogP contribution is -2.71. The molecule has 0 spiro atoms. The maximum Gasteiger partial charge on any atom is 0.363 e. The van der Waals surface area contributed by atoms with Gasteiger partial charge in [-0.2, -0.15) is 0 Å². The number of nitrogens with two attached hydrogens (primary N) is 1. The molecule has 3 rings (SSSR count). The van der Waals surface area contributed by atoms with Crippen LogP contribution in [0.1, 0.15) is 18.9 Å². The second-order valence-electron chi connectivity index (χ2n) is 7.17. The molecule has 0 radical (unpaired) electrons. The molecule has 2 aromatic rings. The van der Waals surface area contributed by atoms with E-state index in [1.54, 1.807) is 37.3 Å². The Kier molecular flexibility index (Phi) is 5.35. The van der Waals surface area contributed by atoms with E-state index in [2.05, 4.69) is 4.98 Å². The zero-order valence-corrected chi connectivity index (χ0v) is 16.1. The molecule has 3 atom stereocenters. The van der Waals surface area contributed by atoms with E-state index in [9.17, 15) is 30.3 Å². The van der Waals surface area contributed by atoms with Crippen LogP contribution >= 0.6 is 0 Å². The van der Waals surface area contributed by atoms with Crippen molar-refractivity contribution in [2.45, 2.75) is 37.0 Å². The van der Waals surface area contributed by atoms with Crippen LogP contribution in [0.3, 0.4) is 0 Å². The number of hydrogen-bond donors (Lipinski definition) is 1. The van der Waals surface area contributed by atoms with Gasteiger partial charge in [-0.25, -0.2) is 0 Å². The van der Waals surface area contributed by atoms with Crippen molar-refractivity contribution >= 4 is 11.5 Å². The lowest BCUT2D eigenvalue weighted by atomic mass is 9.76. The first-order valence-electron chi connectivity index (χ1n) is 9.16. The van der Waals surface area contributed by atoms with E-state index in [1.165, 1.54) is 11.0 Å². The maximum atomic E-state index is 12.4. The van der Waals surface area contributed by atoms with Crippen LogP contribution in [0.15, 0.2) is 48.7 Å². The Balaban J connectivity index is 2.17. The number of rotatable bonds is 7. The van der Waals surface area contributed by atoms with Gasteiger partial charge in [0, 0.05) is 23.8 Å². The predicted molar refractivity (Wildman–Crippen MR) is 106 cm³/mol. The van der Waals surface area contributed by atoms with Crippen molar-refractivity contribution in [2.75, 3.05) is 11.4 Å². The topological polar surface area (TPSA) is 172 Å². The highest BCUT2D eigenvalue weighted by Gasteiger charge is 2.75. The maximum absolute atomic E-state index is 12.4. The SMILES string of the molecule is CCC1([N+](=O)[O-])N(c2ccc([N+](=O)[O-])nc2)CC([N+](=O)[O-])C1(N)Cc1ccccc1. The third-order valence-corrected chi connectivity index (χ3v) is 5.76. The fourth-order valence-corrected chi connectivity index (χ4v) is 4.34. The van der Waals surface area contributed by atoms with Crippen LogP contribution in [-0.2, 0) is 6.42 Å². The minimum absolute atomic E-state index is 0.0920. The Morgan fingerprint density at radius 3 is 2.27 bits per heavy atom. The van der Waals surface area contributed by atoms with Crippen molar-refractivity contribution in [1.29, 1.82) is 0 Å². The predicted octanol–water partition coefficient (Wildman–Crippen LogP) is 1.78. The molecule has 0 aliphatic carbocycles. The molecule has 1 aliphatic heterocycles. The Labute approximate surface area is 170 Å². The van der Waals surface area contributed by atoms with Crippen LogP contribution < -0.4 is 10.6 Å². The van der Waals surface area contributed by atoms with Gasteiger partial charge in [0.2, 0.25) is 0 Å². The van der Waals surface area contributed by atoms with Gasteiger partial charge in [0.15, 0.2) is 11.7 Å². The van der Waals surface area contributed by atoms with E-state index in [0.717, 1.165) is 12.3 Å². The number of aromatic nitrogens is 1. The minimum atomic E-state index is -2.02. The number of pyridine rings is 1. The molecule has 1 aromatic heterocycles. The van der Waals surface area contributed by atoms with Crippen LogP contribution in [0.4, 0.5) is 11.5 Å². The highest BCUT2D eigenvalue weighted by molar-refractivity contribution is 5.53. The van der Waals surface area contributed by atoms with E-state index >= 15 is 0 Å². The second kappa shape index (κ2) is 7.63. The molecule has 1 saturated heterocycles. The number of anilines is 1. The van der Waals surface area contributed by atoms with E-state index in [4.69, 9.17) is 5.73 Å². The third kappa shape index (κ3) is 3.10. The van der Waals surface area contributed by atoms with E-state index < -0.39 is 37.8 Å². The summed E-state index contributed by atoms with van der Waals surface area (Å²) in [4.78, 5) is 38.3. The summed E-state index contributed by atoms with van der Waals surface area (Å²) in [6, 6.07) is 9.60. The van der Waals surface area contributed by atoms with Gasteiger partial charge < -0.3 is 15.8 Å². The summed E-state index contributed by atoms with van der Waals surface area (Å²) in [5.41, 5.74) is 3.51. The van der Waals surface area contributed by atoms with Gasteiger partial charge >= 0.3 is 11.5 Å². The average molecular weight is 416 g/mol. The van der Waals surface area contributed by atoms with Crippen molar-refractivity contribution in [2.24, 2.45) is 5.73 Å². The zero-order valence-electron chi connectivity index (χ0n) is 16.1. The van der Waals surface area contributed by atoms with Gasteiger partial charge in [0.1, 0.15) is 0 Å². The molecule has 30 heavy (non-hydrogen) atoms. The quantitative estimate of drug-likeness (QED) is 0.521. The normalized spacial score (nSPS) is 25.8. The second-order valence-corrected chi connectivity index (χ2v) is 7.17. The molecule has 0 amide bonds. The lowest BCUT2D eigenvalue weighted by molar-refractivity contribution is -0.595. The van der Waals surface area contributed by atoms with Crippen molar-refractivity contribution < 1.29 is 14.8 Å². The summed E-state index contributed by atoms with van der Waals surface area (Å²) in [6.07, 6.45) is 0.896. The summed E-state index contributed by atoms with van der Waals surface area (Å²) in [6.45, 7) is 1.22. The first-order chi connectivity index (χ1) is 14.2. The Bertz CT molecular complexity index is 971. The summed E-state index contributed by atoms with van der Waals surface area (Å²) in [5, 5.41) is 35.2.